The highest BCUT2D eigenvalue weighted by molar-refractivity contribution is 6.06. The fourth-order valence-electron chi connectivity index (χ4n) is 4.51. The minimum atomic E-state index is -0.0995. The third-order valence-electron chi connectivity index (χ3n) is 6.29. The first-order valence-corrected chi connectivity index (χ1v) is 11.4. The number of aryl methyl sites for hydroxylation is 1. The van der Waals surface area contributed by atoms with Gasteiger partial charge < -0.3 is 13.8 Å². The van der Waals surface area contributed by atoms with Crippen molar-refractivity contribution in [3.63, 3.8) is 0 Å². The monoisotopic (exact) mass is 470 g/mol. The molecule has 1 amide bonds. The summed E-state index contributed by atoms with van der Waals surface area (Å²) in [6.07, 6.45) is 3.27. The molecule has 176 valence electrons. The Morgan fingerprint density at radius 2 is 1.91 bits per heavy atom. The number of rotatable bonds is 4. The lowest BCUT2D eigenvalue weighted by atomic mass is 10.1. The molecule has 35 heavy (non-hydrogen) atoms. The largest absolute Gasteiger partial charge is 0.463 e. The number of fused-ring (bicyclic) bond motifs is 2. The van der Waals surface area contributed by atoms with Crippen LogP contribution < -0.4 is 5.56 Å². The van der Waals surface area contributed by atoms with E-state index in [0.29, 0.717) is 72.2 Å². The molecule has 0 bridgehead atoms. The highest BCUT2D eigenvalue weighted by Gasteiger charge is 2.27. The normalized spacial score (nSPS) is 14.7. The third-order valence-corrected chi connectivity index (χ3v) is 6.29. The number of furan rings is 1. The van der Waals surface area contributed by atoms with Gasteiger partial charge in [0.25, 0.3) is 17.2 Å². The SMILES string of the molecule is Cc1noc2nc(-c3ccco3)cc(C(=O)N3CCN(Cc4cc(=O)n5ccccc5n4)CC3)c12. The Morgan fingerprint density at radius 1 is 1.06 bits per heavy atom. The first kappa shape index (κ1) is 21.2. The molecular formula is C25H22N6O4. The molecular weight excluding hydrogens is 448 g/mol. The predicted octanol–water partition coefficient (Wildman–Crippen LogP) is 2.76. The Hall–Kier alpha value is -4.31. The molecule has 0 aliphatic carbocycles. The Labute approximate surface area is 199 Å². The smallest absolute Gasteiger partial charge is 0.259 e. The van der Waals surface area contributed by atoms with E-state index in [1.54, 1.807) is 49.7 Å². The van der Waals surface area contributed by atoms with Crippen LogP contribution in [-0.4, -0.2) is 61.4 Å². The van der Waals surface area contributed by atoms with Crippen molar-refractivity contribution < 1.29 is 13.7 Å². The van der Waals surface area contributed by atoms with E-state index in [1.807, 2.05) is 17.0 Å². The number of amides is 1. The van der Waals surface area contributed by atoms with Crippen LogP contribution in [0, 0.1) is 6.92 Å². The van der Waals surface area contributed by atoms with Crippen molar-refractivity contribution in [2.75, 3.05) is 26.2 Å². The third kappa shape index (κ3) is 3.87. The molecule has 5 aromatic heterocycles. The molecule has 0 unspecified atom stereocenters. The molecule has 0 radical (unpaired) electrons. The van der Waals surface area contributed by atoms with Crippen LogP contribution in [0.15, 0.2) is 68.7 Å². The molecule has 0 N–H and O–H groups in total. The first-order valence-electron chi connectivity index (χ1n) is 11.4. The fourth-order valence-corrected chi connectivity index (χ4v) is 4.51. The highest BCUT2D eigenvalue weighted by atomic mass is 16.5. The molecule has 0 atom stereocenters. The van der Waals surface area contributed by atoms with Crippen molar-refractivity contribution in [3.05, 3.63) is 82.2 Å². The molecule has 10 nitrogen and oxygen atoms in total. The molecule has 6 rings (SSSR count). The molecule has 10 heteroatoms. The summed E-state index contributed by atoms with van der Waals surface area (Å²) in [5.74, 6) is 0.455. The summed E-state index contributed by atoms with van der Waals surface area (Å²) in [4.78, 5) is 39.1. The quantitative estimate of drug-likeness (QED) is 0.394. The van der Waals surface area contributed by atoms with Crippen LogP contribution in [0.2, 0.25) is 0 Å². The highest BCUT2D eigenvalue weighted by Crippen LogP contribution is 2.28. The van der Waals surface area contributed by atoms with Gasteiger partial charge in [0.05, 0.1) is 28.6 Å². The van der Waals surface area contributed by atoms with Crippen LogP contribution in [0.5, 0.6) is 0 Å². The second-order valence-corrected chi connectivity index (χ2v) is 8.56. The van der Waals surface area contributed by atoms with E-state index < -0.39 is 0 Å². The Bertz CT molecular complexity index is 1600. The van der Waals surface area contributed by atoms with Crippen LogP contribution >= 0.6 is 0 Å². The average Bonchev–Trinajstić information content (AvgIpc) is 3.54. The van der Waals surface area contributed by atoms with Gasteiger partial charge in [-0.25, -0.2) is 9.97 Å². The predicted molar refractivity (Wildman–Crippen MR) is 127 cm³/mol. The Morgan fingerprint density at radius 3 is 2.71 bits per heavy atom. The van der Waals surface area contributed by atoms with Gasteiger partial charge in [0.1, 0.15) is 11.3 Å². The van der Waals surface area contributed by atoms with Gasteiger partial charge in [-0.15, -0.1) is 0 Å². The molecule has 6 heterocycles. The number of aromatic nitrogens is 4. The van der Waals surface area contributed by atoms with Crippen molar-refractivity contribution in [2.45, 2.75) is 13.5 Å². The lowest BCUT2D eigenvalue weighted by molar-refractivity contribution is 0.0629. The van der Waals surface area contributed by atoms with Crippen molar-refractivity contribution >= 4 is 22.7 Å². The van der Waals surface area contributed by atoms with E-state index in [0.717, 1.165) is 5.69 Å². The van der Waals surface area contributed by atoms with Crippen molar-refractivity contribution in [1.82, 2.24) is 29.3 Å². The number of carbonyl (C=O) groups is 1. The minimum Gasteiger partial charge on any atom is -0.463 e. The number of hydrogen-bond acceptors (Lipinski definition) is 8. The summed E-state index contributed by atoms with van der Waals surface area (Å²) < 4.78 is 12.4. The van der Waals surface area contributed by atoms with E-state index >= 15 is 0 Å². The van der Waals surface area contributed by atoms with Crippen LogP contribution in [0.3, 0.4) is 0 Å². The van der Waals surface area contributed by atoms with Gasteiger partial charge >= 0.3 is 0 Å². The average molecular weight is 470 g/mol. The van der Waals surface area contributed by atoms with E-state index in [-0.39, 0.29) is 11.5 Å². The van der Waals surface area contributed by atoms with Gasteiger partial charge in [-0.3, -0.25) is 18.9 Å². The van der Waals surface area contributed by atoms with E-state index in [9.17, 15) is 9.59 Å². The van der Waals surface area contributed by atoms with Crippen molar-refractivity contribution in [3.8, 4) is 11.5 Å². The molecule has 1 fully saturated rings. The van der Waals surface area contributed by atoms with Crippen molar-refractivity contribution in [2.24, 2.45) is 0 Å². The number of carbonyl (C=O) groups excluding carboxylic acids is 1. The summed E-state index contributed by atoms with van der Waals surface area (Å²) in [5.41, 5.74) is 3.20. The van der Waals surface area contributed by atoms with Crippen molar-refractivity contribution in [1.29, 1.82) is 0 Å². The molecule has 0 spiro atoms. The zero-order valence-electron chi connectivity index (χ0n) is 19.0. The lowest BCUT2D eigenvalue weighted by Crippen LogP contribution is -2.48. The topological polar surface area (TPSA) is 110 Å². The van der Waals surface area contributed by atoms with Gasteiger partial charge in [0.15, 0.2) is 5.76 Å². The summed E-state index contributed by atoms with van der Waals surface area (Å²) in [6, 6.07) is 12.4. The van der Waals surface area contributed by atoms with Crippen LogP contribution in [0.25, 0.3) is 28.2 Å². The van der Waals surface area contributed by atoms with Gasteiger partial charge in [0.2, 0.25) is 0 Å². The zero-order chi connectivity index (χ0) is 23.9. The van der Waals surface area contributed by atoms with E-state index in [4.69, 9.17) is 8.94 Å². The maximum Gasteiger partial charge on any atom is 0.259 e. The summed E-state index contributed by atoms with van der Waals surface area (Å²) in [6.45, 7) is 4.79. The Balaban J connectivity index is 1.21. The van der Waals surface area contributed by atoms with Crippen LogP contribution in [-0.2, 0) is 6.54 Å². The van der Waals surface area contributed by atoms with Crippen LogP contribution in [0.4, 0.5) is 0 Å². The van der Waals surface area contributed by atoms with E-state index in [2.05, 4.69) is 20.0 Å². The minimum absolute atomic E-state index is 0.0989. The first-order chi connectivity index (χ1) is 17.1. The van der Waals surface area contributed by atoms with Gasteiger partial charge in [-0.05, 0) is 37.3 Å². The molecule has 1 saturated heterocycles. The molecule has 0 aromatic carbocycles. The van der Waals surface area contributed by atoms with Gasteiger partial charge in [-0.1, -0.05) is 11.2 Å². The standard InChI is InChI=1S/C25H22N6O4/c1-16-23-18(14-19(20-5-4-12-34-20)27-24(23)35-28-16)25(33)30-10-8-29(9-11-30)15-17-13-22(32)31-7-3-2-6-21(31)26-17/h2-7,12-14H,8-11,15H2,1H3. The maximum absolute atomic E-state index is 13.6. The maximum atomic E-state index is 13.6. The van der Waals surface area contributed by atoms with Gasteiger partial charge in [0, 0.05) is 45.0 Å². The molecule has 5 aromatic rings. The van der Waals surface area contributed by atoms with Gasteiger partial charge in [-0.2, -0.15) is 0 Å². The Kier molecular flexibility index (Phi) is 5.14. The molecule has 1 aliphatic heterocycles. The number of pyridine rings is 2. The lowest BCUT2D eigenvalue weighted by Gasteiger charge is -2.34. The number of hydrogen-bond donors (Lipinski definition) is 0. The number of nitrogens with zero attached hydrogens (tertiary/aromatic N) is 6. The zero-order valence-corrected chi connectivity index (χ0v) is 19.0. The second-order valence-electron chi connectivity index (χ2n) is 8.56. The second kappa shape index (κ2) is 8.48. The number of piperazine rings is 1. The summed E-state index contributed by atoms with van der Waals surface area (Å²) in [5, 5.41) is 4.63. The molecule has 1 aliphatic rings. The van der Waals surface area contributed by atoms with E-state index in [1.165, 1.54) is 4.40 Å². The van der Waals surface area contributed by atoms with Crippen LogP contribution in [0.1, 0.15) is 21.7 Å². The fraction of sp³-hybridized carbons (Fsp3) is 0.240. The summed E-state index contributed by atoms with van der Waals surface area (Å²) in [7, 11) is 0. The summed E-state index contributed by atoms with van der Waals surface area (Å²) >= 11 is 0. The molecule has 0 saturated carbocycles.